The van der Waals surface area contributed by atoms with Crippen molar-refractivity contribution < 1.29 is 5.11 Å². The van der Waals surface area contributed by atoms with E-state index in [2.05, 4.69) is 28.9 Å². The van der Waals surface area contributed by atoms with E-state index >= 15 is 0 Å². The van der Waals surface area contributed by atoms with Crippen LogP contribution in [0.1, 0.15) is 31.0 Å². The van der Waals surface area contributed by atoms with Gasteiger partial charge in [-0.3, -0.25) is 0 Å². The van der Waals surface area contributed by atoms with Gasteiger partial charge in [-0.1, -0.05) is 13.8 Å². The lowest BCUT2D eigenvalue weighted by Crippen LogP contribution is -2.03. The standard InChI is InChI=1S/C11H14N4O/c1-8(2)10-3-4-15(14-10)11-12-5-9(7-16)6-13-11/h3-6,8,16H,7H2,1-2H3. The number of nitrogens with zero attached hydrogens (tertiary/aromatic N) is 4. The predicted molar refractivity (Wildman–Crippen MR) is 59.2 cm³/mol. The second-order valence-electron chi connectivity index (χ2n) is 3.89. The zero-order valence-electron chi connectivity index (χ0n) is 9.33. The van der Waals surface area contributed by atoms with Crippen molar-refractivity contribution in [2.24, 2.45) is 0 Å². The Labute approximate surface area is 93.8 Å². The maximum atomic E-state index is 8.87. The van der Waals surface area contributed by atoms with E-state index in [0.29, 0.717) is 17.4 Å². The van der Waals surface area contributed by atoms with Crippen LogP contribution < -0.4 is 0 Å². The summed E-state index contributed by atoms with van der Waals surface area (Å²) in [6, 6.07) is 1.95. The van der Waals surface area contributed by atoms with Crippen LogP contribution in [0.25, 0.3) is 5.95 Å². The molecule has 2 heterocycles. The SMILES string of the molecule is CC(C)c1ccn(-c2ncc(CO)cn2)n1. The van der Waals surface area contributed by atoms with Gasteiger partial charge in [-0.25, -0.2) is 14.6 Å². The molecule has 0 aliphatic rings. The summed E-state index contributed by atoms with van der Waals surface area (Å²) >= 11 is 0. The number of aliphatic hydroxyl groups is 1. The number of rotatable bonds is 3. The van der Waals surface area contributed by atoms with Crippen molar-refractivity contribution in [2.45, 2.75) is 26.4 Å². The molecule has 0 fully saturated rings. The van der Waals surface area contributed by atoms with Crippen LogP contribution in [0.2, 0.25) is 0 Å². The highest BCUT2D eigenvalue weighted by Crippen LogP contribution is 2.11. The molecule has 0 bridgehead atoms. The largest absolute Gasteiger partial charge is 0.392 e. The molecule has 0 aromatic carbocycles. The Balaban J connectivity index is 2.28. The summed E-state index contributed by atoms with van der Waals surface area (Å²) in [5.41, 5.74) is 1.70. The second-order valence-corrected chi connectivity index (χ2v) is 3.89. The molecule has 0 saturated heterocycles. The molecule has 0 aliphatic carbocycles. The van der Waals surface area contributed by atoms with E-state index in [1.165, 1.54) is 0 Å². The van der Waals surface area contributed by atoms with Crippen molar-refractivity contribution in [1.29, 1.82) is 0 Å². The van der Waals surface area contributed by atoms with Gasteiger partial charge in [-0.2, -0.15) is 5.10 Å². The number of aromatic nitrogens is 4. The van der Waals surface area contributed by atoms with Gasteiger partial charge in [0.15, 0.2) is 0 Å². The molecule has 0 radical (unpaired) electrons. The molecule has 2 rings (SSSR count). The zero-order valence-corrected chi connectivity index (χ0v) is 9.33. The van der Waals surface area contributed by atoms with E-state index in [-0.39, 0.29) is 6.61 Å². The number of hydrogen-bond acceptors (Lipinski definition) is 4. The highest BCUT2D eigenvalue weighted by atomic mass is 16.3. The van der Waals surface area contributed by atoms with E-state index in [0.717, 1.165) is 5.69 Å². The van der Waals surface area contributed by atoms with Gasteiger partial charge in [0.25, 0.3) is 0 Å². The topological polar surface area (TPSA) is 63.8 Å². The Morgan fingerprint density at radius 2 is 2.00 bits per heavy atom. The normalized spacial score (nSPS) is 11.0. The second kappa shape index (κ2) is 4.40. The summed E-state index contributed by atoms with van der Waals surface area (Å²) in [5, 5.41) is 13.2. The van der Waals surface area contributed by atoms with Crippen molar-refractivity contribution in [3.05, 3.63) is 35.9 Å². The molecule has 1 N–H and O–H groups in total. The molecule has 2 aromatic heterocycles. The van der Waals surface area contributed by atoms with Gasteiger partial charge < -0.3 is 5.11 Å². The molecular formula is C11H14N4O. The van der Waals surface area contributed by atoms with Crippen molar-refractivity contribution in [2.75, 3.05) is 0 Å². The Kier molecular flexibility index (Phi) is 2.96. The highest BCUT2D eigenvalue weighted by molar-refractivity contribution is 5.15. The van der Waals surface area contributed by atoms with Crippen LogP contribution in [0.5, 0.6) is 0 Å². The summed E-state index contributed by atoms with van der Waals surface area (Å²) in [4.78, 5) is 8.24. The molecule has 0 aliphatic heterocycles. The van der Waals surface area contributed by atoms with Crippen LogP contribution in [0.4, 0.5) is 0 Å². The quantitative estimate of drug-likeness (QED) is 0.842. The lowest BCUT2D eigenvalue weighted by Gasteiger charge is -2.01. The first kappa shape index (κ1) is 10.8. The van der Waals surface area contributed by atoms with Gasteiger partial charge in [0.1, 0.15) is 0 Å². The van der Waals surface area contributed by atoms with E-state index in [9.17, 15) is 0 Å². The fourth-order valence-electron chi connectivity index (χ4n) is 1.31. The third kappa shape index (κ3) is 2.09. The average molecular weight is 218 g/mol. The van der Waals surface area contributed by atoms with E-state index < -0.39 is 0 Å². The van der Waals surface area contributed by atoms with Gasteiger partial charge >= 0.3 is 0 Å². The Morgan fingerprint density at radius 1 is 1.31 bits per heavy atom. The van der Waals surface area contributed by atoms with E-state index in [1.807, 2.05) is 12.3 Å². The minimum absolute atomic E-state index is 0.0450. The Bertz CT molecular complexity index is 461. The summed E-state index contributed by atoms with van der Waals surface area (Å²) in [7, 11) is 0. The maximum Gasteiger partial charge on any atom is 0.250 e. The van der Waals surface area contributed by atoms with Gasteiger partial charge in [-0.15, -0.1) is 0 Å². The summed E-state index contributed by atoms with van der Waals surface area (Å²) in [5.74, 6) is 0.905. The van der Waals surface area contributed by atoms with Crippen molar-refractivity contribution in [3.8, 4) is 5.95 Å². The molecule has 84 valence electrons. The fraction of sp³-hybridized carbons (Fsp3) is 0.364. The predicted octanol–water partition coefficient (Wildman–Crippen LogP) is 1.28. The molecule has 0 saturated carbocycles. The molecule has 0 unspecified atom stereocenters. The van der Waals surface area contributed by atoms with Gasteiger partial charge in [0.2, 0.25) is 5.95 Å². The number of aliphatic hydroxyl groups excluding tert-OH is 1. The van der Waals surface area contributed by atoms with Crippen molar-refractivity contribution in [3.63, 3.8) is 0 Å². The Hall–Kier alpha value is -1.75. The van der Waals surface area contributed by atoms with E-state index in [1.54, 1.807) is 17.1 Å². The van der Waals surface area contributed by atoms with Crippen LogP contribution in [0.15, 0.2) is 24.7 Å². The summed E-state index contributed by atoms with van der Waals surface area (Å²) in [6.45, 7) is 4.13. The average Bonchev–Trinajstić information content (AvgIpc) is 2.78. The lowest BCUT2D eigenvalue weighted by atomic mass is 10.1. The molecular weight excluding hydrogens is 204 g/mol. The van der Waals surface area contributed by atoms with Gasteiger partial charge in [0.05, 0.1) is 12.3 Å². The van der Waals surface area contributed by atoms with Crippen LogP contribution in [-0.2, 0) is 6.61 Å². The Morgan fingerprint density at radius 3 is 2.50 bits per heavy atom. The highest BCUT2D eigenvalue weighted by Gasteiger charge is 2.06. The molecule has 2 aromatic rings. The molecule has 16 heavy (non-hydrogen) atoms. The van der Waals surface area contributed by atoms with E-state index in [4.69, 9.17) is 5.11 Å². The third-order valence-electron chi connectivity index (χ3n) is 2.28. The van der Waals surface area contributed by atoms with Crippen molar-refractivity contribution >= 4 is 0 Å². The van der Waals surface area contributed by atoms with Crippen molar-refractivity contribution in [1.82, 2.24) is 19.7 Å². The smallest absolute Gasteiger partial charge is 0.250 e. The first-order valence-electron chi connectivity index (χ1n) is 5.18. The van der Waals surface area contributed by atoms with Crippen LogP contribution in [-0.4, -0.2) is 24.9 Å². The monoisotopic (exact) mass is 218 g/mol. The summed E-state index contributed by atoms with van der Waals surface area (Å²) < 4.78 is 1.64. The lowest BCUT2D eigenvalue weighted by molar-refractivity contribution is 0.281. The third-order valence-corrected chi connectivity index (χ3v) is 2.28. The molecule has 5 nitrogen and oxygen atoms in total. The first-order chi connectivity index (χ1) is 7.70. The molecule has 5 heteroatoms. The summed E-state index contributed by atoms with van der Waals surface area (Å²) in [6.07, 6.45) is 5.03. The molecule has 0 amide bonds. The van der Waals surface area contributed by atoms with Crippen LogP contribution in [0.3, 0.4) is 0 Å². The number of hydrogen-bond donors (Lipinski definition) is 1. The van der Waals surface area contributed by atoms with Gasteiger partial charge in [0, 0.05) is 24.2 Å². The first-order valence-corrected chi connectivity index (χ1v) is 5.18. The van der Waals surface area contributed by atoms with Crippen LogP contribution in [0, 0.1) is 0 Å². The minimum Gasteiger partial charge on any atom is -0.392 e. The maximum absolute atomic E-state index is 8.87. The molecule has 0 atom stereocenters. The minimum atomic E-state index is -0.0450. The van der Waals surface area contributed by atoms with Gasteiger partial charge in [-0.05, 0) is 12.0 Å². The van der Waals surface area contributed by atoms with Crippen LogP contribution >= 0.6 is 0 Å². The molecule has 0 spiro atoms. The zero-order chi connectivity index (χ0) is 11.5. The fourth-order valence-corrected chi connectivity index (χ4v) is 1.31.